The Morgan fingerprint density at radius 3 is 2.29 bits per heavy atom. The van der Waals surface area contributed by atoms with Crippen molar-refractivity contribution in [2.75, 3.05) is 33.4 Å². The van der Waals surface area contributed by atoms with E-state index in [2.05, 4.69) is 0 Å². The minimum absolute atomic E-state index is 0.121. The predicted molar refractivity (Wildman–Crippen MR) is 110 cm³/mol. The van der Waals surface area contributed by atoms with Crippen LogP contribution in [0.4, 0.5) is 13.2 Å². The number of piperidine rings is 1. The van der Waals surface area contributed by atoms with Gasteiger partial charge in [-0.25, -0.2) is 0 Å². The van der Waals surface area contributed by atoms with Gasteiger partial charge in [-0.1, -0.05) is 30.3 Å². The van der Waals surface area contributed by atoms with E-state index in [4.69, 9.17) is 14.9 Å². The molecule has 2 aromatic carbocycles. The molecule has 0 amide bonds. The fraction of sp³-hybridized carbons (Fsp3) is 0.435. The highest BCUT2D eigenvalue weighted by Gasteiger charge is 2.38. The van der Waals surface area contributed by atoms with E-state index in [1.165, 1.54) is 19.2 Å². The summed E-state index contributed by atoms with van der Waals surface area (Å²) in [7, 11) is 1.25. The molecule has 2 heterocycles. The summed E-state index contributed by atoms with van der Waals surface area (Å²) in [4.78, 5) is 1.98. The van der Waals surface area contributed by atoms with E-state index in [0.717, 1.165) is 35.6 Å². The first-order chi connectivity index (χ1) is 14.7. The van der Waals surface area contributed by atoms with Crippen LogP contribution in [-0.4, -0.2) is 49.3 Å². The van der Waals surface area contributed by atoms with Crippen molar-refractivity contribution in [2.24, 2.45) is 0 Å². The maximum absolute atomic E-state index is 13.1. The molecule has 5 nitrogen and oxygen atoms in total. The molecular weight excluding hydrogens is 409 g/mol. The van der Waals surface area contributed by atoms with Crippen LogP contribution in [0, 0.1) is 5.41 Å². The Morgan fingerprint density at radius 1 is 1.13 bits per heavy atom. The fourth-order valence-corrected chi connectivity index (χ4v) is 4.22. The lowest BCUT2D eigenvalue weighted by Crippen LogP contribution is -2.46. The molecule has 2 fully saturated rings. The zero-order valence-corrected chi connectivity index (χ0v) is 17.2. The third-order valence-corrected chi connectivity index (χ3v) is 6.19. The monoisotopic (exact) mass is 434 g/mol. The van der Waals surface area contributed by atoms with Gasteiger partial charge in [0.25, 0.3) is 0 Å². The molecule has 0 atom stereocenters. The SMILES string of the molecule is COc1cc(C2CCN(C(=N)c3ccc(C4(O)COC4)cc3)CC2)ccc1C(F)(F)F. The summed E-state index contributed by atoms with van der Waals surface area (Å²) in [6, 6.07) is 11.4. The quantitative estimate of drug-likeness (QED) is 0.561. The minimum atomic E-state index is -4.45. The van der Waals surface area contributed by atoms with Crippen molar-refractivity contribution < 1.29 is 27.8 Å². The molecule has 0 bridgehead atoms. The average Bonchev–Trinajstić information content (AvgIpc) is 2.76. The molecular formula is C23H25F3N2O3. The van der Waals surface area contributed by atoms with Crippen molar-refractivity contribution in [1.82, 2.24) is 4.90 Å². The number of aliphatic hydroxyl groups is 1. The number of likely N-dealkylation sites (tertiary alicyclic amines) is 1. The molecule has 2 aliphatic heterocycles. The molecule has 31 heavy (non-hydrogen) atoms. The molecule has 8 heteroatoms. The molecule has 0 aliphatic carbocycles. The van der Waals surface area contributed by atoms with Crippen LogP contribution < -0.4 is 4.74 Å². The molecule has 166 valence electrons. The van der Waals surface area contributed by atoms with E-state index in [9.17, 15) is 18.3 Å². The first-order valence-electron chi connectivity index (χ1n) is 10.2. The first-order valence-corrected chi connectivity index (χ1v) is 10.2. The van der Waals surface area contributed by atoms with E-state index in [1.54, 1.807) is 0 Å². The van der Waals surface area contributed by atoms with Crippen molar-refractivity contribution in [3.05, 3.63) is 64.7 Å². The molecule has 0 radical (unpaired) electrons. The van der Waals surface area contributed by atoms with Gasteiger partial charge in [-0.2, -0.15) is 13.2 Å². The van der Waals surface area contributed by atoms with Crippen LogP contribution in [0.5, 0.6) is 5.75 Å². The summed E-state index contributed by atoms with van der Waals surface area (Å²) in [5.41, 5.74) is 0.685. The predicted octanol–water partition coefficient (Wildman–Crippen LogP) is 4.14. The standard InChI is InChI=1S/C23H25F3N2O3/c1-30-20-12-17(4-7-19(20)23(24,25)26)15-8-10-28(11-9-15)21(27)16-2-5-18(6-3-16)22(29)13-31-14-22/h2-7,12,15,27,29H,8-11,13-14H2,1H3. The number of hydrogen-bond acceptors (Lipinski definition) is 4. The lowest BCUT2D eigenvalue weighted by Gasteiger charge is -2.37. The highest BCUT2D eigenvalue weighted by Crippen LogP contribution is 2.39. The molecule has 4 rings (SSSR count). The third kappa shape index (κ3) is 4.27. The van der Waals surface area contributed by atoms with Crippen LogP contribution in [0.15, 0.2) is 42.5 Å². The Bertz CT molecular complexity index is 948. The van der Waals surface area contributed by atoms with Gasteiger partial charge < -0.3 is 19.5 Å². The first kappa shape index (κ1) is 21.6. The normalized spacial score (nSPS) is 19.1. The molecule has 2 aliphatic rings. The van der Waals surface area contributed by atoms with Gasteiger partial charge in [-0.15, -0.1) is 0 Å². The fourth-order valence-electron chi connectivity index (χ4n) is 4.22. The van der Waals surface area contributed by atoms with Crippen LogP contribution >= 0.6 is 0 Å². The maximum Gasteiger partial charge on any atom is 0.419 e. The van der Waals surface area contributed by atoms with Crippen LogP contribution in [0.1, 0.15) is 41.0 Å². The Balaban J connectivity index is 1.40. The summed E-state index contributed by atoms with van der Waals surface area (Å²) in [5.74, 6) is 0.376. The number of amidine groups is 1. The van der Waals surface area contributed by atoms with E-state index >= 15 is 0 Å². The third-order valence-electron chi connectivity index (χ3n) is 6.19. The van der Waals surface area contributed by atoms with Crippen molar-refractivity contribution in [2.45, 2.75) is 30.5 Å². The number of rotatable bonds is 4. The maximum atomic E-state index is 13.1. The van der Waals surface area contributed by atoms with E-state index in [1.807, 2.05) is 29.2 Å². The van der Waals surface area contributed by atoms with Crippen molar-refractivity contribution in [1.29, 1.82) is 5.41 Å². The Kier molecular flexibility index (Phi) is 5.70. The molecule has 2 saturated heterocycles. The van der Waals surface area contributed by atoms with Gasteiger partial charge in [0.15, 0.2) is 0 Å². The molecule has 0 unspecified atom stereocenters. The minimum Gasteiger partial charge on any atom is -0.496 e. The van der Waals surface area contributed by atoms with Gasteiger partial charge in [-0.3, -0.25) is 5.41 Å². The summed E-state index contributed by atoms with van der Waals surface area (Å²) < 4.78 is 49.3. The number of benzene rings is 2. The molecule has 0 saturated carbocycles. The van der Waals surface area contributed by atoms with E-state index < -0.39 is 17.3 Å². The molecule has 2 N–H and O–H groups in total. The second-order valence-corrected chi connectivity index (χ2v) is 8.17. The molecule has 0 spiro atoms. The Labute approximate surface area is 178 Å². The van der Waals surface area contributed by atoms with Crippen LogP contribution in [0.2, 0.25) is 0 Å². The van der Waals surface area contributed by atoms with Crippen LogP contribution in [0.25, 0.3) is 0 Å². The van der Waals surface area contributed by atoms with E-state index in [-0.39, 0.29) is 24.9 Å². The Morgan fingerprint density at radius 2 is 1.77 bits per heavy atom. The summed E-state index contributed by atoms with van der Waals surface area (Å²) in [6.45, 7) is 1.86. The van der Waals surface area contributed by atoms with Gasteiger partial charge in [0.05, 0.1) is 25.9 Å². The largest absolute Gasteiger partial charge is 0.496 e. The van der Waals surface area contributed by atoms with Crippen molar-refractivity contribution >= 4 is 5.84 Å². The van der Waals surface area contributed by atoms with Crippen molar-refractivity contribution in [3.63, 3.8) is 0 Å². The zero-order valence-electron chi connectivity index (χ0n) is 17.2. The van der Waals surface area contributed by atoms with Crippen LogP contribution in [-0.2, 0) is 16.5 Å². The topological polar surface area (TPSA) is 65.8 Å². The number of nitrogens with zero attached hydrogens (tertiary/aromatic N) is 1. The number of ether oxygens (including phenoxy) is 2. The van der Waals surface area contributed by atoms with Gasteiger partial charge >= 0.3 is 6.18 Å². The molecule has 2 aromatic rings. The second-order valence-electron chi connectivity index (χ2n) is 8.17. The van der Waals surface area contributed by atoms with Crippen molar-refractivity contribution in [3.8, 4) is 5.75 Å². The van der Waals surface area contributed by atoms with E-state index in [0.29, 0.717) is 18.9 Å². The molecule has 0 aromatic heterocycles. The number of halogens is 3. The number of alkyl halides is 3. The van der Waals surface area contributed by atoms with Gasteiger partial charge in [0, 0.05) is 18.7 Å². The van der Waals surface area contributed by atoms with Crippen LogP contribution in [0.3, 0.4) is 0 Å². The highest BCUT2D eigenvalue weighted by molar-refractivity contribution is 5.96. The number of methoxy groups -OCH3 is 1. The second kappa shape index (κ2) is 8.16. The average molecular weight is 434 g/mol. The zero-order chi connectivity index (χ0) is 22.2. The Hall–Kier alpha value is -2.58. The lowest BCUT2D eigenvalue weighted by atomic mass is 9.88. The van der Waals surface area contributed by atoms with Gasteiger partial charge in [-0.05, 0) is 42.0 Å². The smallest absolute Gasteiger partial charge is 0.419 e. The van der Waals surface area contributed by atoms with Gasteiger partial charge in [0.2, 0.25) is 0 Å². The lowest BCUT2D eigenvalue weighted by molar-refractivity contribution is -0.184. The van der Waals surface area contributed by atoms with Gasteiger partial charge in [0.1, 0.15) is 17.2 Å². The highest BCUT2D eigenvalue weighted by atomic mass is 19.4. The number of nitrogens with one attached hydrogen (secondary N) is 1. The summed E-state index contributed by atoms with van der Waals surface area (Å²) in [6.07, 6.45) is -2.96. The summed E-state index contributed by atoms with van der Waals surface area (Å²) in [5, 5.41) is 18.9. The number of hydrogen-bond donors (Lipinski definition) is 2. The summed E-state index contributed by atoms with van der Waals surface area (Å²) >= 11 is 0.